The summed E-state index contributed by atoms with van der Waals surface area (Å²) in [5.41, 5.74) is 1.81. The fourth-order valence-electron chi connectivity index (χ4n) is 3.55. The molecule has 10 heteroatoms. The Morgan fingerprint density at radius 2 is 1.94 bits per heavy atom. The normalized spacial score (nSPS) is 16.2. The van der Waals surface area contributed by atoms with Crippen molar-refractivity contribution in [1.82, 2.24) is 14.4 Å². The predicted octanol–water partition coefficient (Wildman–Crippen LogP) is 3.66. The number of carbonyl (C=O) groups excluding carboxylic acids is 1. The highest BCUT2D eigenvalue weighted by molar-refractivity contribution is 7.12. The summed E-state index contributed by atoms with van der Waals surface area (Å²) in [4.78, 5) is 22.8. The molecular formula is C22H26N6O3S. The van der Waals surface area contributed by atoms with E-state index in [9.17, 15) is 9.90 Å². The van der Waals surface area contributed by atoms with E-state index in [1.165, 1.54) is 0 Å². The van der Waals surface area contributed by atoms with Gasteiger partial charge in [0.15, 0.2) is 12.3 Å². The van der Waals surface area contributed by atoms with Gasteiger partial charge in [0.25, 0.3) is 0 Å². The van der Waals surface area contributed by atoms with E-state index in [1.807, 2.05) is 53.3 Å². The monoisotopic (exact) mass is 454 g/mol. The van der Waals surface area contributed by atoms with Gasteiger partial charge in [0, 0.05) is 31.6 Å². The average molecular weight is 455 g/mol. The van der Waals surface area contributed by atoms with Gasteiger partial charge < -0.3 is 14.8 Å². The average Bonchev–Trinajstić information content (AvgIpc) is 3.42. The SMILES string of the molecule is CC(=NOCC(=O)N=Nc1c(O)n(CN2CCN(C)CC2)c2ccccc12)c1cccs1. The molecule has 1 aliphatic heterocycles. The highest BCUT2D eigenvalue weighted by Crippen LogP contribution is 2.39. The van der Waals surface area contributed by atoms with Crippen LogP contribution in [0.25, 0.3) is 10.9 Å². The van der Waals surface area contributed by atoms with Crippen LogP contribution in [0, 0.1) is 0 Å². The number of thiophene rings is 1. The third-order valence-corrected chi connectivity index (χ3v) is 6.36. The van der Waals surface area contributed by atoms with E-state index in [1.54, 1.807) is 11.3 Å². The van der Waals surface area contributed by atoms with Crippen LogP contribution < -0.4 is 0 Å². The molecule has 0 saturated carbocycles. The van der Waals surface area contributed by atoms with Gasteiger partial charge in [-0.25, -0.2) is 0 Å². The second kappa shape index (κ2) is 10.0. The molecule has 1 N–H and O–H groups in total. The summed E-state index contributed by atoms with van der Waals surface area (Å²) < 4.78 is 1.81. The quantitative estimate of drug-likeness (QED) is 0.334. The second-order valence-electron chi connectivity index (χ2n) is 7.70. The van der Waals surface area contributed by atoms with Crippen molar-refractivity contribution in [2.24, 2.45) is 15.4 Å². The van der Waals surface area contributed by atoms with Gasteiger partial charge in [-0.15, -0.1) is 21.6 Å². The first-order valence-electron chi connectivity index (χ1n) is 10.4. The lowest BCUT2D eigenvalue weighted by molar-refractivity contribution is -0.122. The third kappa shape index (κ3) is 5.04. The second-order valence-corrected chi connectivity index (χ2v) is 8.65. The number of likely N-dealkylation sites (N-methyl/N-ethyl adjacent to an activating group) is 1. The minimum Gasteiger partial charge on any atom is -0.493 e. The zero-order valence-corrected chi connectivity index (χ0v) is 19.0. The minimum atomic E-state index is -0.581. The van der Waals surface area contributed by atoms with E-state index in [-0.39, 0.29) is 18.2 Å². The Morgan fingerprint density at radius 1 is 1.16 bits per heavy atom. The van der Waals surface area contributed by atoms with Gasteiger partial charge >= 0.3 is 5.91 Å². The number of hydrogen-bond acceptors (Lipinski definition) is 8. The van der Waals surface area contributed by atoms with Gasteiger partial charge in [0.05, 0.1) is 22.8 Å². The van der Waals surface area contributed by atoms with Crippen molar-refractivity contribution >= 4 is 39.5 Å². The van der Waals surface area contributed by atoms with Crippen LogP contribution in [0.4, 0.5) is 5.69 Å². The maximum Gasteiger partial charge on any atom is 0.304 e. The number of amides is 1. The molecule has 0 atom stereocenters. The molecule has 0 unspecified atom stereocenters. The number of benzene rings is 1. The molecule has 32 heavy (non-hydrogen) atoms. The third-order valence-electron chi connectivity index (χ3n) is 5.38. The highest BCUT2D eigenvalue weighted by atomic mass is 32.1. The number of hydrogen-bond donors (Lipinski definition) is 1. The van der Waals surface area contributed by atoms with Crippen LogP contribution in [0.3, 0.4) is 0 Å². The molecule has 3 heterocycles. The fraction of sp³-hybridized carbons (Fsp3) is 0.364. The van der Waals surface area contributed by atoms with Crippen LogP contribution in [0.5, 0.6) is 5.88 Å². The summed E-state index contributed by atoms with van der Waals surface area (Å²) in [6.45, 7) is 5.83. The molecule has 1 aliphatic rings. The topological polar surface area (TPSA) is 95.0 Å². The standard InChI is InChI=1S/C22H26N6O3S/c1-16(19-8-5-13-32-19)25-31-14-20(29)23-24-21-17-6-3-4-7-18(17)28(22(21)30)15-27-11-9-26(2)10-12-27/h3-8,13,30H,9-12,14-15H2,1-2H3. The number of aromatic hydroxyl groups is 1. The molecular weight excluding hydrogens is 428 g/mol. The van der Waals surface area contributed by atoms with Gasteiger partial charge in [-0.05, 0) is 31.5 Å². The smallest absolute Gasteiger partial charge is 0.304 e. The van der Waals surface area contributed by atoms with Crippen molar-refractivity contribution < 1.29 is 14.7 Å². The van der Waals surface area contributed by atoms with E-state index < -0.39 is 5.91 Å². The molecule has 1 amide bonds. The van der Waals surface area contributed by atoms with Crippen LogP contribution in [0.15, 0.2) is 57.2 Å². The molecule has 4 rings (SSSR count). The molecule has 0 radical (unpaired) electrons. The Balaban J connectivity index is 1.46. The first kappa shape index (κ1) is 22.1. The molecule has 3 aromatic rings. The van der Waals surface area contributed by atoms with E-state index in [0.29, 0.717) is 12.4 Å². The molecule has 0 bridgehead atoms. The first-order chi connectivity index (χ1) is 15.5. The molecule has 168 valence electrons. The predicted molar refractivity (Wildman–Crippen MR) is 125 cm³/mol. The van der Waals surface area contributed by atoms with Crippen LogP contribution in [0.1, 0.15) is 11.8 Å². The molecule has 2 aromatic heterocycles. The van der Waals surface area contributed by atoms with Crippen molar-refractivity contribution in [3.8, 4) is 5.88 Å². The molecule has 1 fully saturated rings. The lowest BCUT2D eigenvalue weighted by atomic mass is 10.2. The summed E-state index contributed by atoms with van der Waals surface area (Å²) in [5.74, 6) is -0.586. The van der Waals surface area contributed by atoms with E-state index in [2.05, 4.69) is 32.2 Å². The van der Waals surface area contributed by atoms with Crippen LogP contribution >= 0.6 is 11.3 Å². The summed E-state index contributed by atoms with van der Waals surface area (Å²) >= 11 is 1.54. The van der Waals surface area contributed by atoms with E-state index in [0.717, 1.165) is 42.0 Å². The molecule has 1 saturated heterocycles. The number of aromatic nitrogens is 1. The molecule has 9 nitrogen and oxygen atoms in total. The van der Waals surface area contributed by atoms with Crippen molar-refractivity contribution in [3.63, 3.8) is 0 Å². The zero-order chi connectivity index (χ0) is 22.5. The van der Waals surface area contributed by atoms with Gasteiger partial charge in [0.1, 0.15) is 0 Å². The molecule has 1 aromatic carbocycles. The van der Waals surface area contributed by atoms with Gasteiger partial charge in [0.2, 0.25) is 5.88 Å². The molecule has 0 aliphatic carbocycles. The summed E-state index contributed by atoms with van der Waals surface area (Å²) in [6, 6.07) is 11.4. The summed E-state index contributed by atoms with van der Waals surface area (Å²) in [6.07, 6.45) is 0. The largest absolute Gasteiger partial charge is 0.493 e. The van der Waals surface area contributed by atoms with Gasteiger partial charge in [-0.1, -0.05) is 29.4 Å². The van der Waals surface area contributed by atoms with Crippen LogP contribution in [-0.2, 0) is 16.3 Å². The number of nitrogens with zero attached hydrogens (tertiary/aromatic N) is 6. The Hall–Kier alpha value is -3.08. The number of rotatable bonds is 7. The van der Waals surface area contributed by atoms with Gasteiger partial charge in [-0.2, -0.15) is 0 Å². The van der Waals surface area contributed by atoms with Crippen molar-refractivity contribution in [2.45, 2.75) is 13.6 Å². The Labute approximate surface area is 190 Å². The number of carbonyl (C=O) groups is 1. The van der Waals surface area contributed by atoms with Crippen LogP contribution in [0.2, 0.25) is 0 Å². The Morgan fingerprint density at radius 3 is 2.69 bits per heavy atom. The molecule has 0 spiro atoms. The Kier molecular flexibility index (Phi) is 6.93. The number of fused-ring (bicyclic) bond motifs is 1. The lowest BCUT2D eigenvalue weighted by Crippen LogP contribution is -2.44. The zero-order valence-electron chi connectivity index (χ0n) is 18.1. The number of para-hydroxylation sites is 1. The lowest BCUT2D eigenvalue weighted by Gasteiger charge is -2.32. The maximum absolute atomic E-state index is 12.1. The fourth-order valence-corrected chi connectivity index (χ4v) is 4.22. The van der Waals surface area contributed by atoms with E-state index in [4.69, 9.17) is 4.84 Å². The summed E-state index contributed by atoms with van der Waals surface area (Å²) in [5, 5.41) is 25.3. The minimum absolute atomic E-state index is 0.00541. The van der Waals surface area contributed by atoms with Crippen molar-refractivity contribution in [3.05, 3.63) is 46.7 Å². The maximum atomic E-state index is 12.1. The van der Waals surface area contributed by atoms with E-state index >= 15 is 0 Å². The Bertz CT molecular complexity index is 1130. The number of azo groups is 1. The van der Waals surface area contributed by atoms with Crippen molar-refractivity contribution in [1.29, 1.82) is 0 Å². The van der Waals surface area contributed by atoms with Gasteiger partial charge in [-0.3, -0.25) is 14.3 Å². The number of oxime groups is 1. The number of piperazine rings is 1. The highest BCUT2D eigenvalue weighted by Gasteiger charge is 2.20. The van der Waals surface area contributed by atoms with Crippen LogP contribution in [-0.4, -0.2) is 70.9 Å². The summed E-state index contributed by atoms with van der Waals surface area (Å²) in [7, 11) is 2.11. The van der Waals surface area contributed by atoms with Crippen molar-refractivity contribution in [2.75, 3.05) is 39.8 Å². The first-order valence-corrected chi connectivity index (χ1v) is 11.3.